The summed E-state index contributed by atoms with van der Waals surface area (Å²) < 4.78 is 69.8. The van der Waals surface area contributed by atoms with Crippen LogP contribution in [0.25, 0.3) is 90.9 Å². The van der Waals surface area contributed by atoms with Crippen LogP contribution in [0.4, 0.5) is 0 Å². The Hall–Kier alpha value is -11.2. The van der Waals surface area contributed by atoms with E-state index in [1.165, 1.54) is 13.8 Å². The third-order valence-electron chi connectivity index (χ3n) is 15.6. The van der Waals surface area contributed by atoms with Gasteiger partial charge in [0.2, 0.25) is 24.8 Å². The Labute approximate surface area is 549 Å². The molecule has 96 heavy (non-hydrogen) atoms. The Morgan fingerprint density at radius 1 is 0.333 bits per heavy atom. The molecule has 0 aliphatic carbocycles. The van der Waals surface area contributed by atoms with Gasteiger partial charge in [0.25, 0.3) is 0 Å². The minimum Gasteiger partial charge on any atom is -0.463 e. The standard InChI is InChI=1S/C72H66N4O20/c1-37(77)85-35-59-65(87-39(3)79)67(89-41(5)81)69(91-43(7)83)71(95-59)93-49-23-19-47(20-24-49)63-55-31-29-53(74-55)61(45-15-11-9-12-16-45)51-27-28-52(73-51)62(46-17-13-10-14-18-46)54-30-32-56(75-54)64(58-34-33-57(63)76-58)48-21-25-50(26-22-48)94-72-70(92-44(8)84)68(90-42(6)82)66(88-40(4)80)60(96-72)36-86-38(2)78/h9-34,59-60,65-72,74-75H,35-36H2,1-8H3/t59-,60-,65-,66-,67+,68+,69-,70-,71-,72-/m1/s1. The van der Waals surface area contributed by atoms with Gasteiger partial charge in [0.1, 0.15) is 36.9 Å². The molecule has 8 bridgehead atoms. The van der Waals surface area contributed by atoms with Crippen LogP contribution in [0.5, 0.6) is 11.5 Å². The Bertz CT molecular complexity index is 4100. The molecule has 7 aromatic rings. The Morgan fingerprint density at radius 3 is 0.885 bits per heavy atom. The lowest BCUT2D eigenvalue weighted by Gasteiger charge is -2.43. The fourth-order valence-electron chi connectivity index (χ4n) is 11.9. The number of nitrogens with one attached hydrogen (secondary N) is 2. The molecule has 24 nitrogen and oxygen atoms in total. The van der Waals surface area contributed by atoms with Gasteiger partial charge in [-0.25, -0.2) is 9.97 Å². The summed E-state index contributed by atoms with van der Waals surface area (Å²) in [4.78, 5) is 118. The summed E-state index contributed by atoms with van der Waals surface area (Å²) in [5.41, 5.74) is 11.2. The van der Waals surface area contributed by atoms with Crippen LogP contribution < -0.4 is 9.47 Å². The number of hydrogen-bond donors (Lipinski definition) is 2. The summed E-state index contributed by atoms with van der Waals surface area (Å²) in [5.74, 6) is -5.71. The van der Waals surface area contributed by atoms with Crippen molar-refractivity contribution in [1.82, 2.24) is 19.9 Å². The zero-order chi connectivity index (χ0) is 67.9. The molecule has 4 aliphatic heterocycles. The molecule has 24 heteroatoms. The number of H-pyrrole nitrogens is 2. The average molecular weight is 1310 g/mol. The van der Waals surface area contributed by atoms with Crippen LogP contribution in [-0.2, 0) is 85.7 Å². The summed E-state index contributed by atoms with van der Waals surface area (Å²) >= 11 is 0. The minimum atomic E-state index is -1.51. The fourth-order valence-corrected chi connectivity index (χ4v) is 11.9. The number of aromatic nitrogens is 4. The Morgan fingerprint density at radius 2 is 0.604 bits per heavy atom. The summed E-state index contributed by atoms with van der Waals surface area (Å²) in [6.07, 6.45) is -6.48. The van der Waals surface area contributed by atoms with Crippen molar-refractivity contribution in [2.45, 2.75) is 117 Å². The number of fused-ring (bicyclic) bond motifs is 8. The van der Waals surface area contributed by atoms with E-state index in [0.717, 1.165) is 74.8 Å². The van der Waals surface area contributed by atoms with E-state index < -0.39 is 122 Å². The van der Waals surface area contributed by atoms with Crippen molar-refractivity contribution < 1.29 is 95.2 Å². The molecule has 3 aromatic heterocycles. The van der Waals surface area contributed by atoms with E-state index in [1.807, 2.05) is 109 Å². The second kappa shape index (κ2) is 29.0. The van der Waals surface area contributed by atoms with Crippen LogP contribution >= 0.6 is 0 Å². The third kappa shape index (κ3) is 15.2. The van der Waals surface area contributed by atoms with Gasteiger partial charge < -0.3 is 66.8 Å². The van der Waals surface area contributed by atoms with Crippen molar-refractivity contribution >= 4 is 94.1 Å². The van der Waals surface area contributed by atoms with Crippen molar-refractivity contribution in [2.24, 2.45) is 0 Å². The van der Waals surface area contributed by atoms with Crippen LogP contribution in [0.2, 0.25) is 0 Å². The van der Waals surface area contributed by atoms with Crippen molar-refractivity contribution in [3.8, 4) is 56.0 Å². The van der Waals surface area contributed by atoms with Crippen LogP contribution in [0.15, 0.2) is 133 Å². The van der Waals surface area contributed by atoms with Crippen LogP contribution in [0, 0.1) is 0 Å². The molecule has 11 rings (SSSR count). The number of carbonyl (C=O) groups excluding carboxylic acids is 8. The predicted octanol–water partition coefficient (Wildman–Crippen LogP) is 10.2. The molecule has 10 atom stereocenters. The lowest BCUT2D eigenvalue weighted by molar-refractivity contribution is -0.288. The van der Waals surface area contributed by atoms with E-state index in [2.05, 4.69) is 9.97 Å². The molecule has 2 saturated heterocycles. The number of esters is 8. The molecule has 4 aromatic carbocycles. The molecule has 7 heterocycles. The van der Waals surface area contributed by atoms with E-state index in [4.69, 9.17) is 66.8 Å². The highest BCUT2D eigenvalue weighted by atomic mass is 16.7. The molecule has 0 saturated carbocycles. The molecule has 2 N–H and O–H groups in total. The molecule has 0 unspecified atom stereocenters. The first-order valence-electron chi connectivity index (χ1n) is 30.6. The molecule has 494 valence electrons. The third-order valence-corrected chi connectivity index (χ3v) is 15.6. The molecule has 0 radical (unpaired) electrons. The number of nitrogens with zero attached hydrogens (tertiary/aromatic N) is 2. The zero-order valence-corrected chi connectivity index (χ0v) is 53.3. The van der Waals surface area contributed by atoms with Crippen molar-refractivity contribution in [2.75, 3.05) is 13.2 Å². The first kappa shape index (κ1) is 66.2. The molecule has 0 spiro atoms. The molecule has 2 fully saturated rings. The van der Waals surface area contributed by atoms with Gasteiger partial charge in [-0.2, -0.15) is 0 Å². The zero-order valence-electron chi connectivity index (χ0n) is 53.3. The topological polar surface area (TPSA) is 305 Å². The van der Waals surface area contributed by atoms with Crippen molar-refractivity contribution in [3.05, 3.63) is 156 Å². The fraction of sp³-hybridized carbons (Fsp3) is 0.278. The second-order valence-corrected chi connectivity index (χ2v) is 22.7. The quantitative estimate of drug-likeness (QED) is 0.0596. The summed E-state index contributed by atoms with van der Waals surface area (Å²) in [7, 11) is 0. The van der Waals surface area contributed by atoms with Gasteiger partial charge in [-0.15, -0.1) is 0 Å². The van der Waals surface area contributed by atoms with Gasteiger partial charge in [0.15, 0.2) is 24.4 Å². The summed E-state index contributed by atoms with van der Waals surface area (Å²) in [6, 6.07) is 41.5. The largest absolute Gasteiger partial charge is 0.463 e. The number of rotatable bonds is 18. The number of aromatic amines is 2. The Balaban J connectivity index is 1.07. The molecule has 4 aliphatic rings. The SMILES string of the molecule is CC(=O)OC[C@H]1O[C@@H](Oc2ccc(-c3c4nc(c(-c5ccc(O[C@@H]6O[C@H](COC(C)=O)[C@@H](OC(C)=O)[C@H](OC(C)=O)[C@H]6OC(C)=O)cc5)c5ccc([nH]5)c(-c5ccccc5)c5nc(c(-c6ccccc6)c6ccc3[nH]6)C=C5)C=C4)cc2)[C@H](OC(C)=O)[C@@H](OC(C)=O)[C@@H]1OC(C)=O. The van der Waals surface area contributed by atoms with E-state index in [1.54, 1.807) is 48.5 Å². The molecular formula is C72H66N4O20. The van der Waals surface area contributed by atoms with Crippen LogP contribution in [-0.4, -0.2) is 142 Å². The molecular weight excluding hydrogens is 1240 g/mol. The van der Waals surface area contributed by atoms with Crippen molar-refractivity contribution in [3.63, 3.8) is 0 Å². The predicted molar refractivity (Wildman–Crippen MR) is 346 cm³/mol. The van der Waals surface area contributed by atoms with Gasteiger partial charge in [0.05, 0.1) is 22.8 Å². The van der Waals surface area contributed by atoms with Gasteiger partial charge in [-0.05, 0) is 95.1 Å². The first-order valence-corrected chi connectivity index (χ1v) is 30.6. The highest BCUT2D eigenvalue weighted by Crippen LogP contribution is 2.41. The first-order chi connectivity index (χ1) is 46.1. The monoisotopic (exact) mass is 1310 g/mol. The van der Waals surface area contributed by atoms with Gasteiger partial charge in [0, 0.05) is 99.7 Å². The smallest absolute Gasteiger partial charge is 0.303 e. The highest BCUT2D eigenvalue weighted by molar-refractivity contribution is 6.00. The maximum Gasteiger partial charge on any atom is 0.303 e. The number of carbonyl (C=O) groups is 8. The maximum atomic E-state index is 12.7. The van der Waals surface area contributed by atoms with E-state index in [0.29, 0.717) is 56.1 Å². The average Bonchev–Trinajstić information content (AvgIpc) is 1.43. The van der Waals surface area contributed by atoms with Gasteiger partial charge in [-0.1, -0.05) is 84.9 Å². The minimum absolute atomic E-state index is 0.195. The van der Waals surface area contributed by atoms with Crippen LogP contribution in [0.1, 0.15) is 78.2 Å². The lowest BCUT2D eigenvalue weighted by Crippen LogP contribution is -2.63. The summed E-state index contributed by atoms with van der Waals surface area (Å²) in [6.45, 7) is 8.25. The molecule has 0 amide bonds. The van der Waals surface area contributed by atoms with E-state index >= 15 is 0 Å². The highest BCUT2D eigenvalue weighted by Gasteiger charge is 2.55. The Kier molecular flexibility index (Phi) is 20.0. The van der Waals surface area contributed by atoms with Crippen molar-refractivity contribution in [1.29, 1.82) is 0 Å². The number of ether oxygens (including phenoxy) is 12. The summed E-state index contributed by atoms with van der Waals surface area (Å²) in [5, 5.41) is 0. The van der Waals surface area contributed by atoms with Gasteiger partial charge in [-0.3, -0.25) is 38.4 Å². The second-order valence-electron chi connectivity index (χ2n) is 22.7. The number of benzene rings is 4. The maximum absolute atomic E-state index is 12.7. The van der Waals surface area contributed by atoms with E-state index in [-0.39, 0.29) is 11.5 Å². The van der Waals surface area contributed by atoms with Crippen LogP contribution in [0.3, 0.4) is 0 Å². The van der Waals surface area contributed by atoms with E-state index in [9.17, 15) is 38.4 Å². The van der Waals surface area contributed by atoms with Gasteiger partial charge >= 0.3 is 47.8 Å². The number of hydrogen-bond acceptors (Lipinski definition) is 22. The normalized spacial score (nSPS) is 21.0. The lowest BCUT2D eigenvalue weighted by atomic mass is 9.98.